The second kappa shape index (κ2) is 8.80. The summed E-state index contributed by atoms with van der Waals surface area (Å²) in [6, 6.07) is 5.91. The van der Waals surface area contributed by atoms with Crippen molar-refractivity contribution in [3.05, 3.63) is 29.3 Å². The second-order valence-corrected chi connectivity index (χ2v) is 6.56. The molecule has 1 aromatic rings. The highest BCUT2D eigenvalue weighted by Crippen LogP contribution is 2.18. The van der Waals surface area contributed by atoms with Crippen molar-refractivity contribution in [2.75, 3.05) is 38.6 Å². The van der Waals surface area contributed by atoms with Gasteiger partial charge >= 0.3 is 0 Å². The van der Waals surface area contributed by atoms with Crippen LogP contribution in [-0.4, -0.2) is 51.2 Å². The summed E-state index contributed by atoms with van der Waals surface area (Å²) < 4.78 is 5.48. The van der Waals surface area contributed by atoms with E-state index in [1.165, 1.54) is 0 Å². The fraction of sp³-hybridized carbons (Fsp3) is 0.556. The van der Waals surface area contributed by atoms with Gasteiger partial charge in [-0.25, -0.2) is 0 Å². The summed E-state index contributed by atoms with van der Waals surface area (Å²) in [7, 11) is 1.84. The molecule has 2 amide bonds. The third-order valence-electron chi connectivity index (χ3n) is 4.22. The number of hydrogen-bond donors (Lipinski definition) is 3. The van der Waals surface area contributed by atoms with Crippen molar-refractivity contribution in [3.8, 4) is 0 Å². The number of ether oxygens (including phenoxy) is 1. The predicted molar refractivity (Wildman–Crippen MR) is 93.2 cm³/mol. The van der Waals surface area contributed by atoms with E-state index in [1.54, 1.807) is 0 Å². The molecule has 0 bridgehead atoms. The number of para-hydroxylation sites is 1. The van der Waals surface area contributed by atoms with Gasteiger partial charge in [-0.15, -0.1) is 0 Å². The van der Waals surface area contributed by atoms with Crippen molar-refractivity contribution in [2.45, 2.75) is 32.8 Å². The van der Waals surface area contributed by atoms with Crippen molar-refractivity contribution in [1.82, 2.24) is 5.32 Å². The lowest BCUT2D eigenvalue weighted by Gasteiger charge is -2.16. The summed E-state index contributed by atoms with van der Waals surface area (Å²) in [5.41, 5.74) is 2.93. The quantitative estimate of drug-likeness (QED) is 0.660. The zero-order chi connectivity index (χ0) is 17.5. The number of carbonyl (C=O) groups excluding carboxylic acids is 2. The first-order valence-electron chi connectivity index (χ1n) is 8.51. The molecule has 1 aliphatic heterocycles. The molecule has 0 aliphatic carbocycles. The van der Waals surface area contributed by atoms with E-state index in [1.807, 2.05) is 39.1 Å². The van der Waals surface area contributed by atoms with Gasteiger partial charge in [-0.1, -0.05) is 18.2 Å². The Morgan fingerprint density at radius 2 is 1.88 bits per heavy atom. The van der Waals surface area contributed by atoms with Gasteiger partial charge < -0.3 is 20.3 Å². The Balaban J connectivity index is 1.73. The van der Waals surface area contributed by atoms with E-state index in [4.69, 9.17) is 4.74 Å². The summed E-state index contributed by atoms with van der Waals surface area (Å²) in [4.78, 5) is 25.0. The highest BCUT2D eigenvalue weighted by molar-refractivity contribution is 5.93. The maximum atomic E-state index is 12.2. The summed E-state index contributed by atoms with van der Waals surface area (Å²) in [5, 5.41) is 5.83. The van der Waals surface area contributed by atoms with Crippen molar-refractivity contribution in [2.24, 2.45) is 0 Å². The van der Waals surface area contributed by atoms with Crippen LogP contribution in [0.25, 0.3) is 0 Å². The minimum Gasteiger partial charge on any atom is -0.376 e. The van der Waals surface area contributed by atoms with E-state index >= 15 is 0 Å². The fourth-order valence-corrected chi connectivity index (χ4v) is 2.90. The normalized spacial score (nSPS) is 18.2. The van der Waals surface area contributed by atoms with Crippen LogP contribution in [-0.2, 0) is 14.3 Å². The summed E-state index contributed by atoms with van der Waals surface area (Å²) in [6.45, 7) is 5.80. The predicted octanol–water partition coefficient (Wildman–Crippen LogP) is 0.0518. The van der Waals surface area contributed by atoms with Gasteiger partial charge in [-0.2, -0.15) is 0 Å². The smallest absolute Gasteiger partial charge is 0.279 e. The Kier molecular flexibility index (Phi) is 6.75. The third-order valence-corrected chi connectivity index (χ3v) is 4.22. The molecule has 0 spiro atoms. The minimum absolute atomic E-state index is 0.0529. The number of quaternary nitrogens is 1. The first-order chi connectivity index (χ1) is 11.5. The molecular formula is C18H28N3O3+. The number of nitrogens with one attached hydrogen (secondary N) is 3. The van der Waals surface area contributed by atoms with E-state index in [9.17, 15) is 9.59 Å². The number of aryl methyl sites for hydroxylation is 2. The highest BCUT2D eigenvalue weighted by atomic mass is 16.5. The number of likely N-dealkylation sites (N-methyl/N-ethyl adjacent to an activating group) is 1. The lowest BCUT2D eigenvalue weighted by molar-refractivity contribution is -0.862. The highest BCUT2D eigenvalue weighted by Gasteiger charge is 2.19. The molecule has 3 N–H and O–H groups in total. The van der Waals surface area contributed by atoms with Crippen molar-refractivity contribution < 1.29 is 19.2 Å². The van der Waals surface area contributed by atoms with Crippen LogP contribution in [0.3, 0.4) is 0 Å². The fourth-order valence-electron chi connectivity index (χ4n) is 2.90. The lowest BCUT2D eigenvalue weighted by atomic mass is 10.1. The number of amides is 2. The molecule has 1 aliphatic rings. The molecule has 2 rings (SSSR count). The largest absolute Gasteiger partial charge is 0.376 e. The molecule has 0 saturated carbocycles. The molecule has 1 fully saturated rings. The van der Waals surface area contributed by atoms with E-state index in [2.05, 4.69) is 10.6 Å². The lowest BCUT2D eigenvalue weighted by Crippen LogP contribution is -3.11. The molecule has 1 unspecified atom stereocenters. The average Bonchev–Trinajstić information content (AvgIpc) is 3.02. The Hall–Kier alpha value is -1.92. The molecule has 2 atom stereocenters. The van der Waals surface area contributed by atoms with Gasteiger partial charge in [0, 0.05) is 18.8 Å². The maximum absolute atomic E-state index is 12.2. The van der Waals surface area contributed by atoms with Crippen LogP contribution in [0.15, 0.2) is 18.2 Å². The topological polar surface area (TPSA) is 71.9 Å². The number of hydrogen-bond acceptors (Lipinski definition) is 3. The van der Waals surface area contributed by atoms with E-state index in [0.717, 1.165) is 41.2 Å². The molecule has 1 aromatic carbocycles. The van der Waals surface area contributed by atoms with Crippen LogP contribution in [0.4, 0.5) is 5.69 Å². The molecule has 24 heavy (non-hydrogen) atoms. The third kappa shape index (κ3) is 5.62. The van der Waals surface area contributed by atoms with Gasteiger partial charge in [0.15, 0.2) is 13.1 Å². The van der Waals surface area contributed by atoms with Gasteiger partial charge in [-0.3, -0.25) is 9.59 Å². The first-order valence-corrected chi connectivity index (χ1v) is 8.51. The molecule has 132 valence electrons. The van der Waals surface area contributed by atoms with Crippen molar-refractivity contribution >= 4 is 17.5 Å². The zero-order valence-electron chi connectivity index (χ0n) is 14.8. The van der Waals surface area contributed by atoms with Crippen molar-refractivity contribution in [3.63, 3.8) is 0 Å². The summed E-state index contributed by atoms with van der Waals surface area (Å²) >= 11 is 0. The average molecular weight is 334 g/mol. The molecular weight excluding hydrogens is 306 g/mol. The Labute approximate surface area is 143 Å². The summed E-state index contributed by atoms with van der Waals surface area (Å²) in [6.07, 6.45) is 2.20. The number of benzene rings is 1. The molecule has 0 aromatic heterocycles. The van der Waals surface area contributed by atoms with Gasteiger partial charge in [0.05, 0.1) is 13.2 Å². The SMILES string of the molecule is Cc1cccc(C)c1NC(=O)C[NH+](C)CC(=O)NC[C@@H]1CCCO1. The number of anilines is 1. The van der Waals surface area contributed by atoms with Crippen molar-refractivity contribution in [1.29, 1.82) is 0 Å². The molecule has 1 saturated heterocycles. The van der Waals surface area contributed by atoms with Crippen LogP contribution in [0, 0.1) is 13.8 Å². The minimum atomic E-state index is -0.0863. The van der Waals surface area contributed by atoms with Gasteiger partial charge in [0.2, 0.25) is 0 Å². The maximum Gasteiger partial charge on any atom is 0.279 e. The second-order valence-electron chi connectivity index (χ2n) is 6.56. The van der Waals surface area contributed by atoms with Crippen LogP contribution < -0.4 is 15.5 Å². The van der Waals surface area contributed by atoms with E-state index < -0.39 is 0 Å². The van der Waals surface area contributed by atoms with E-state index in [0.29, 0.717) is 6.54 Å². The van der Waals surface area contributed by atoms with Gasteiger partial charge in [-0.05, 0) is 37.8 Å². The van der Waals surface area contributed by atoms with Crippen LogP contribution in [0.2, 0.25) is 0 Å². The molecule has 6 heteroatoms. The van der Waals surface area contributed by atoms with Gasteiger partial charge in [0.1, 0.15) is 0 Å². The monoisotopic (exact) mass is 334 g/mol. The number of rotatable bonds is 7. The molecule has 6 nitrogen and oxygen atoms in total. The van der Waals surface area contributed by atoms with Crippen LogP contribution >= 0.6 is 0 Å². The summed E-state index contributed by atoms with van der Waals surface area (Å²) in [5.74, 6) is -0.139. The van der Waals surface area contributed by atoms with Gasteiger partial charge in [0.25, 0.3) is 11.8 Å². The standard InChI is InChI=1S/C18H27N3O3/c1-13-6-4-7-14(2)18(13)20-17(23)12-21(3)11-16(22)19-10-15-8-5-9-24-15/h4,6-7,15H,5,8-12H2,1-3H3,(H,19,22)(H,20,23)/p+1/t15-/m0/s1. The van der Waals surface area contributed by atoms with E-state index in [-0.39, 0.29) is 31.0 Å². The number of carbonyl (C=O) groups is 2. The molecule has 1 heterocycles. The van der Waals surface area contributed by atoms with Crippen LogP contribution in [0.5, 0.6) is 0 Å². The Bertz CT molecular complexity index is 563. The Morgan fingerprint density at radius 3 is 2.50 bits per heavy atom. The van der Waals surface area contributed by atoms with Crippen LogP contribution in [0.1, 0.15) is 24.0 Å². The molecule has 0 radical (unpaired) electrons. The Morgan fingerprint density at radius 1 is 1.21 bits per heavy atom. The zero-order valence-corrected chi connectivity index (χ0v) is 14.8. The first kappa shape index (κ1) is 18.4.